The Kier molecular flexibility index (Phi) is 10.4. The summed E-state index contributed by atoms with van der Waals surface area (Å²) in [6.07, 6.45) is 2.63. The third-order valence-corrected chi connectivity index (χ3v) is 6.97. The predicted octanol–water partition coefficient (Wildman–Crippen LogP) is 1.56. The van der Waals surface area contributed by atoms with E-state index in [0.717, 1.165) is 12.5 Å². The molecule has 4 rings (SSSR count). The van der Waals surface area contributed by atoms with Crippen LogP contribution in [-0.4, -0.2) is 80.8 Å². The van der Waals surface area contributed by atoms with E-state index in [0.29, 0.717) is 25.8 Å². The Balaban J connectivity index is 0.00000119. The lowest BCUT2D eigenvalue weighted by Gasteiger charge is -2.38. The Morgan fingerprint density at radius 3 is 2.33 bits per heavy atom. The fourth-order valence-corrected chi connectivity index (χ4v) is 5.20. The van der Waals surface area contributed by atoms with Gasteiger partial charge in [0.25, 0.3) is 17.8 Å². The number of hydrogen-bond donors (Lipinski definition) is 5. The van der Waals surface area contributed by atoms with Crippen LogP contribution in [0, 0.1) is 5.41 Å². The third-order valence-electron chi connectivity index (χ3n) is 6.97. The monoisotopic (exact) mass is 594 g/mol. The number of nitrogens with one attached hydrogen (secondary N) is 3. The number of aromatic nitrogens is 1. The number of amides is 3. The molecule has 0 saturated carbocycles. The number of carboxylic acid groups (broad SMARTS) is 1. The van der Waals surface area contributed by atoms with Crippen molar-refractivity contribution in [1.29, 1.82) is 5.41 Å². The Hall–Kier alpha value is -4.65. The van der Waals surface area contributed by atoms with E-state index in [-0.39, 0.29) is 23.6 Å². The van der Waals surface area contributed by atoms with E-state index in [1.807, 2.05) is 30.3 Å². The first-order valence-electron chi connectivity index (χ1n) is 13.9. The quantitative estimate of drug-likeness (QED) is 0.107. The summed E-state index contributed by atoms with van der Waals surface area (Å²) < 4.78 is 5.77. The van der Waals surface area contributed by atoms with Gasteiger partial charge in [-0.15, -0.1) is 0 Å². The van der Waals surface area contributed by atoms with Crippen molar-refractivity contribution in [2.45, 2.75) is 70.1 Å². The van der Waals surface area contributed by atoms with Crippen LogP contribution >= 0.6 is 0 Å². The topological polar surface area (TPSA) is 205 Å². The van der Waals surface area contributed by atoms with Crippen molar-refractivity contribution >= 4 is 35.5 Å². The molecule has 43 heavy (non-hydrogen) atoms. The van der Waals surface area contributed by atoms with Gasteiger partial charge >= 0.3 is 5.97 Å². The Morgan fingerprint density at radius 2 is 1.77 bits per heavy atom. The number of hydrogen-bond acceptors (Lipinski definition) is 9. The molecule has 230 valence electrons. The van der Waals surface area contributed by atoms with Crippen LogP contribution in [0.4, 0.5) is 0 Å². The molecule has 1 unspecified atom stereocenters. The Labute approximate surface area is 249 Å². The molecule has 0 aliphatic carbocycles. The number of esters is 1. The van der Waals surface area contributed by atoms with Gasteiger partial charge in [0.15, 0.2) is 0 Å². The SMILES string of the molecule is CC(=O)O.CC(C)(C)OC(=O)[C@]1(C(=O)N2CCC[C@H]2C(=O)NC(=O)c2ccc(C(=N)N)nc2)NCCC1c1ccccc1. The number of amidine groups is 1. The summed E-state index contributed by atoms with van der Waals surface area (Å²) in [5.74, 6) is -4.14. The third kappa shape index (κ3) is 7.80. The van der Waals surface area contributed by atoms with Crippen LogP contribution in [-0.2, 0) is 23.9 Å². The number of nitrogens with two attached hydrogens (primary N) is 1. The van der Waals surface area contributed by atoms with Gasteiger partial charge in [0.2, 0.25) is 11.4 Å². The van der Waals surface area contributed by atoms with Crippen molar-refractivity contribution in [3.8, 4) is 0 Å². The molecule has 13 nitrogen and oxygen atoms in total. The smallest absolute Gasteiger partial charge is 0.337 e. The molecule has 3 atom stereocenters. The number of rotatable bonds is 6. The van der Waals surface area contributed by atoms with Gasteiger partial charge in [0.1, 0.15) is 23.2 Å². The molecular formula is C30H38N6O7. The first-order valence-corrected chi connectivity index (χ1v) is 13.9. The molecule has 2 saturated heterocycles. The minimum atomic E-state index is -1.71. The molecule has 2 aromatic rings. The molecule has 2 aliphatic heterocycles. The molecule has 0 radical (unpaired) electrons. The van der Waals surface area contributed by atoms with Crippen LogP contribution in [0.15, 0.2) is 48.7 Å². The number of imide groups is 1. The summed E-state index contributed by atoms with van der Waals surface area (Å²) in [5, 5.41) is 20.3. The van der Waals surface area contributed by atoms with E-state index in [4.69, 9.17) is 25.8 Å². The van der Waals surface area contributed by atoms with E-state index in [9.17, 15) is 19.2 Å². The fourth-order valence-electron chi connectivity index (χ4n) is 5.20. The van der Waals surface area contributed by atoms with Gasteiger partial charge in [0.05, 0.1) is 5.56 Å². The van der Waals surface area contributed by atoms with E-state index < -0.39 is 52.8 Å². The molecule has 1 aromatic heterocycles. The van der Waals surface area contributed by atoms with E-state index in [1.165, 1.54) is 23.2 Å². The number of aliphatic carboxylic acids is 1. The van der Waals surface area contributed by atoms with Crippen molar-refractivity contribution in [2.24, 2.45) is 5.73 Å². The van der Waals surface area contributed by atoms with Gasteiger partial charge in [-0.2, -0.15) is 0 Å². The van der Waals surface area contributed by atoms with Gasteiger partial charge in [-0.05, 0) is 64.3 Å². The summed E-state index contributed by atoms with van der Waals surface area (Å²) in [7, 11) is 0. The zero-order chi connectivity index (χ0) is 31.9. The number of nitrogen functional groups attached to an aromatic ring is 1. The van der Waals surface area contributed by atoms with Crippen LogP contribution in [0.25, 0.3) is 0 Å². The van der Waals surface area contributed by atoms with Crippen molar-refractivity contribution in [2.75, 3.05) is 13.1 Å². The zero-order valence-electron chi connectivity index (χ0n) is 24.7. The first-order chi connectivity index (χ1) is 20.2. The standard InChI is InChI=1S/C28H34N6O5.C2H4O2/c1-27(2,3)39-26(38)28(19(13-14-32-28)17-8-5-4-6-9-17)25(37)34-15-7-10-21(34)24(36)33-23(35)18-11-12-20(22(29)30)31-16-18;1-2(3)4/h4-6,8-9,11-12,16,19,21,32H,7,10,13-15H2,1-3H3,(H3,29,30)(H,33,35,36);1H3,(H,3,4)/t19?,21-,28-;/m0./s1. The van der Waals surface area contributed by atoms with Gasteiger partial charge in [-0.3, -0.25) is 40.2 Å². The zero-order valence-corrected chi connectivity index (χ0v) is 24.7. The van der Waals surface area contributed by atoms with Crippen LogP contribution in [0.3, 0.4) is 0 Å². The fraction of sp³-hybridized carbons (Fsp3) is 0.433. The number of carbonyl (C=O) groups is 5. The van der Waals surface area contributed by atoms with Crippen LogP contribution in [0.5, 0.6) is 0 Å². The number of carbonyl (C=O) groups excluding carboxylic acids is 4. The highest BCUT2D eigenvalue weighted by Crippen LogP contribution is 2.40. The Bertz CT molecular complexity index is 1370. The molecule has 13 heteroatoms. The number of pyridine rings is 1. The molecule has 3 heterocycles. The van der Waals surface area contributed by atoms with E-state index in [1.54, 1.807) is 20.8 Å². The number of nitrogens with zero attached hydrogens (tertiary/aromatic N) is 2. The largest absolute Gasteiger partial charge is 0.481 e. The highest BCUT2D eigenvalue weighted by Gasteiger charge is 2.60. The van der Waals surface area contributed by atoms with Gasteiger partial charge in [0, 0.05) is 25.6 Å². The average Bonchev–Trinajstić information content (AvgIpc) is 3.61. The molecule has 1 aromatic carbocycles. The maximum atomic E-state index is 14.3. The summed E-state index contributed by atoms with van der Waals surface area (Å²) in [4.78, 5) is 68.4. The van der Waals surface area contributed by atoms with Crippen molar-refractivity contribution in [3.63, 3.8) is 0 Å². The predicted molar refractivity (Wildman–Crippen MR) is 156 cm³/mol. The number of likely N-dealkylation sites (tertiary alicyclic amines) is 1. The lowest BCUT2D eigenvalue weighted by Crippen LogP contribution is -2.65. The minimum Gasteiger partial charge on any atom is -0.481 e. The van der Waals surface area contributed by atoms with Crippen molar-refractivity contribution in [3.05, 3.63) is 65.5 Å². The lowest BCUT2D eigenvalue weighted by molar-refractivity contribution is -0.170. The molecule has 6 N–H and O–H groups in total. The lowest BCUT2D eigenvalue weighted by atomic mass is 9.79. The molecule has 0 spiro atoms. The summed E-state index contributed by atoms with van der Waals surface area (Å²) in [6.45, 7) is 6.98. The molecule has 3 amide bonds. The number of benzene rings is 1. The normalized spacial score (nSPS) is 21.3. The van der Waals surface area contributed by atoms with Crippen LogP contribution in [0.1, 0.15) is 74.5 Å². The number of ether oxygens (including phenoxy) is 1. The summed E-state index contributed by atoms with van der Waals surface area (Å²) in [5.41, 5.74) is 3.98. The maximum Gasteiger partial charge on any atom is 0.337 e. The molecule has 2 fully saturated rings. The summed E-state index contributed by atoms with van der Waals surface area (Å²) >= 11 is 0. The molecular weight excluding hydrogens is 556 g/mol. The van der Waals surface area contributed by atoms with Crippen LogP contribution < -0.4 is 16.4 Å². The minimum absolute atomic E-state index is 0.107. The van der Waals surface area contributed by atoms with Crippen molar-refractivity contribution in [1.82, 2.24) is 20.5 Å². The van der Waals surface area contributed by atoms with E-state index in [2.05, 4.69) is 15.6 Å². The van der Waals surface area contributed by atoms with Gasteiger partial charge < -0.3 is 20.5 Å². The van der Waals surface area contributed by atoms with Crippen LogP contribution in [0.2, 0.25) is 0 Å². The Morgan fingerprint density at radius 1 is 1.12 bits per heavy atom. The number of carboxylic acids is 1. The maximum absolute atomic E-state index is 14.3. The second-order valence-corrected chi connectivity index (χ2v) is 11.3. The second-order valence-electron chi connectivity index (χ2n) is 11.3. The highest BCUT2D eigenvalue weighted by atomic mass is 16.6. The second kappa shape index (κ2) is 13.6. The molecule has 2 aliphatic rings. The van der Waals surface area contributed by atoms with Crippen molar-refractivity contribution < 1.29 is 33.8 Å². The van der Waals surface area contributed by atoms with Gasteiger partial charge in [-0.25, -0.2) is 4.79 Å². The highest BCUT2D eigenvalue weighted by molar-refractivity contribution is 6.12. The van der Waals surface area contributed by atoms with E-state index >= 15 is 0 Å². The molecule has 0 bridgehead atoms. The van der Waals surface area contributed by atoms with Gasteiger partial charge in [-0.1, -0.05) is 30.3 Å². The first kappa shape index (κ1) is 32.9. The average molecular weight is 595 g/mol. The summed E-state index contributed by atoms with van der Waals surface area (Å²) in [6, 6.07) is 11.2.